The van der Waals surface area contributed by atoms with Gasteiger partial charge in [-0.25, -0.2) is 0 Å². The quantitative estimate of drug-likeness (QED) is 0.217. The molecule has 4 heteroatoms. The third kappa shape index (κ3) is 4.56. The molecule has 0 saturated heterocycles. The second-order valence-electron chi connectivity index (χ2n) is 12.3. The zero-order chi connectivity index (χ0) is 28.0. The molecule has 0 spiro atoms. The van der Waals surface area contributed by atoms with Crippen molar-refractivity contribution >= 4 is 21.8 Å². The molecule has 0 aliphatic carbocycles. The van der Waals surface area contributed by atoms with Crippen molar-refractivity contribution in [3.63, 3.8) is 0 Å². The minimum Gasteiger partial charge on any atom is -0.340 e. The molecule has 0 atom stereocenters. The average molecular weight is 551 g/mol. The van der Waals surface area contributed by atoms with E-state index in [9.17, 15) is 0 Å². The van der Waals surface area contributed by atoms with Gasteiger partial charge in [-0.15, -0.1) is 0 Å². The maximum atomic E-state index is 2.66. The standard InChI is InChI=1S/C38H38N4/c1-39-20-18-37-33(26-39)32-22-30(16-17-36(32)42(37)25-29-12-6-3-7-13-29)23-40-21-19-38-34(27-40)31-14-8-9-15-35(31)41(38)24-28-10-4-2-5-11-28/h2-17,22H,18-21,23-27H2,1H3. The molecule has 0 amide bonds. The minimum atomic E-state index is 0.937. The zero-order valence-electron chi connectivity index (χ0n) is 24.5. The molecular formula is C38H38N4. The van der Waals surface area contributed by atoms with Gasteiger partial charge in [0.05, 0.1) is 0 Å². The van der Waals surface area contributed by atoms with Crippen LogP contribution in [0.15, 0.2) is 103 Å². The van der Waals surface area contributed by atoms with Gasteiger partial charge in [0.15, 0.2) is 0 Å². The predicted octanol–water partition coefficient (Wildman–Crippen LogP) is 7.24. The van der Waals surface area contributed by atoms with Crippen molar-refractivity contribution in [3.8, 4) is 0 Å². The van der Waals surface area contributed by atoms with Gasteiger partial charge < -0.3 is 14.0 Å². The molecular weight excluding hydrogens is 512 g/mol. The average Bonchev–Trinajstić information content (AvgIpc) is 3.49. The summed E-state index contributed by atoms with van der Waals surface area (Å²) >= 11 is 0. The number of aromatic nitrogens is 2. The third-order valence-electron chi connectivity index (χ3n) is 9.52. The maximum absolute atomic E-state index is 2.66. The van der Waals surface area contributed by atoms with Gasteiger partial charge in [0, 0.05) is 91.8 Å². The van der Waals surface area contributed by atoms with E-state index in [2.05, 4.69) is 129 Å². The van der Waals surface area contributed by atoms with Crippen LogP contribution in [0.25, 0.3) is 21.8 Å². The molecule has 4 nitrogen and oxygen atoms in total. The molecule has 210 valence electrons. The molecule has 2 aliphatic heterocycles. The summed E-state index contributed by atoms with van der Waals surface area (Å²) in [7, 11) is 2.26. The van der Waals surface area contributed by atoms with Gasteiger partial charge >= 0.3 is 0 Å². The highest BCUT2D eigenvalue weighted by Crippen LogP contribution is 2.35. The Labute approximate surface area is 248 Å². The topological polar surface area (TPSA) is 16.3 Å². The fourth-order valence-corrected chi connectivity index (χ4v) is 7.47. The number of likely N-dealkylation sites (N-methyl/N-ethyl adjacent to an activating group) is 1. The second-order valence-corrected chi connectivity index (χ2v) is 12.3. The summed E-state index contributed by atoms with van der Waals surface area (Å²) in [6.45, 7) is 7.12. The molecule has 2 aliphatic rings. The van der Waals surface area contributed by atoms with Crippen molar-refractivity contribution in [1.29, 1.82) is 0 Å². The van der Waals surface area contributed by atoms with Gasteiger partial charge in [0.2, 0.25) is 0 Å². The van der Waals surface area contributed by atoms with Crippen LogP contribution in [0, 0.1) is 0 Å². The Morgan fingerprint density at radius 1 is 0.524 bits per heavy atom. The number of fused-ring (bicyclic) bond motifs is 6. The Morgan fingerprint density at radius 2 is 1.12 bits per heavy atom. The highest BCUT2D eigenvalue weighted by atomic mass is 15.1. The minimum absolute atomic E-state index is 0.937. The van der Waals surface area contributed by atoms with Crippen molar-refractivity contribution in [1.82, 2.24) is 18.9 Å². The molecule has 0 fully saturated rings. The molecule has 0 radical (unpaired) electrons. The van der Waals surface area contributed by atoms with Crippen molar-refractivity contribution in [2.24, 2.45) is 0 Å². The highest BCUT2D eigenvalue weighted by Gasteiger charge is 2.26. The van der Waals surface area contributed by atoms with Gasteiger partial charge in [0.25, 0.3) is 0 Å². The van der Waals surface area contributed by atoms with E-state index in [-0.39, 0.29) is 0 Å². The van der Waals surface area contributed by atoms with Crippen LogP contribution in [-0.4, -0.2) is 39.1 Å². The predicted molar refractivity (Wildman–Crippen MR) is 173 cm³/mol. The first kappa shape index (κ1) is 25.6. The lowest BCUT2D eigenvalue weighted by atomic mass is 10.0. The first-order chi connectivity index (χ1) is 20.7. The number of hydrogen-bond donors (Lipinski definition) is 0. The van der Waals surface area contributed by atoms with E-state index in [0.29, 0.717) is 0 Å². The Balaban J connectivity index is 1.11. The van der Waals surface area contributed by atoms with Crippen molar-refractivity contribution < 1.29 is 0 Å². The largest absolute Gasteiger partial charge is 0.340 e. The molecule has 42 heavy (non-hydrogen) atoms. The van der Waals surface area contributed by atoms with E-state index < -0.39 is 0 Å². The van der Waals surface area contributed by atoms with E-state index in [0.717, 1.165) is 58.7 Å². The van der Waals surface area contributed by atoms with Crippen LogP contribution >= 0.6 is 0 Å². The zero-order valence-corrected chi connectivity index (χ0v) is 24.5. The monoisotopic (exact) mass is 550 g/mol. The fourth-order valence-electron chi connectivity index (χ4n) is 7.47. The molecule has 4 aromatic carbocycles. The van der Waals surface area contributed by atoms with Gasteiger partial charge in [-0.3, -0.25) is 4.90 Å². The summed E-state index contributed by atoms with van der Waals surface area (Å²) < 4.78 is 5.16. The van der Waals surface area contributed by atoms with E-state index in [4.69, 9.17) is 0 Å². The number of hydrogen-bond acceptors (Lipinski definition) is 2. The second kappa shape index (κ2) is 10.6. The van der Waals surface area contributed by atoms with Crippen LogP contribution in [0.3, 0.4) is 0 Å². The Hall–Kier alpha value is -4.12. The van der Waals surface area contributed by atoms with Crippen LogP contribution in [0.2, 0.25) is 0 Å². The summed E-state index contributed by atoms with van der Waals surface area (Å²) in [6.07, 6.45) is 2.21. The number of nitrogens with zero attached hydrogens (tertiary/aromatic N) is 4. The number of rotatable bonds is 6. The molecule has 0 N–H and O–H groups in total. The number of para-hydroxylation sites is 1. The van der Waals surface area contributed by atoms with Crippen LogP contribution in [0.1, 0.15) is 39.2 Å². The van der Waals surface area contributed by atoms with E-state index >= 15 is 0 Å². The molecule has 0 saturated carbocycles. The first-order valence-corrected chi connectivity index (χ1v) is 15.4. The van der Waals surface area contributed by atoms with Crippen molar-refractivity contribution in [2.45, 2.75) is 45.6 Å². The van der Waals surface area contributed by atoms with E-state index in [1.807, 2.05) is 0 Å². The molecule has 4 heterocycles. The van der Waals surface area contributed by atoms with Crippen LogP contribution < -0.4 is 0 Å². The Bertz CT molecular complexity index is 1880. The van der Waals surface area contributed by atoms with Gasteiger partial charge in [0.1, 0.15) is 0 Å². The highest BCUT2D eigenvalue weighted by molar-refractivity contribution is 5.87. The smallest absolute Gasteiger partial charge is 0.0489 e. The van der Waals surface area contributed by atoms with Crippen LogP contribution in [-0.2, 0) is 45.6 Å². The van der Waals surface area contributed by atoms with Crippen LogP contribution in [0.5, 0.6) is 0 Å². The summed E-state index contributed by atoms with van der Waals surface area (Å²) in [6, 6.07) is 38.1. The van der Waals surface area contributed by atoms with Crippen molar-refractivity contribution in [3.05, 3.63) is 142 Å². The fraction of sp³-hybridized carbons (Fsp3) is 0.263. The summed E-state index contributed by atoms with van der Waals surface area (Å²) in [5.41, 5.74) is 13.0. The number of benzene rings is 4. The Morgan fingerprint density at radius 3 is 1.83 bits per heavy atom. The van der Waals surface area contributed by atoms with Gasteiger partial charge in [-0.2, -0.15) is 0 Å². The molecule has 0 unspecified atom stereocenters. The van der Waals surface area contributed by atoms with Crippen LogP contribution in [0.4, 0.5) is 0 Å². The van der Waals surface area contributed by atoms with Gasteiger partial charge in [-0.1, -0.05) is 84.9 Å². The first-order valence-electron chi connectivity index (χ1n) is 15.4. The van der Waals surface area contributed by atoms with Gasteiger partial charge in [-0.05, 0) is 53.1 Å². The SMILES string of the molecule is CN1CCc2c(c3cc(CN4CCc5c(c6ccccc6n5Cc5ccccc5)C4)ccc3n2Cc2ccccc2)C1. The van der Waals surface area contributed by atoms with E-state index in [1.54, 1.807) is 0 Å². The molecule has 8 rings (SSSR count). The third-order valence-corrected chi connectivity index (χ3v) is 9.52. The molecule has 0 bridgehead atoms. The molecule has 6 aromatic rings. The maximum Gasteiger partial charge on any atom is 0.0489 e. The normalized spacial score (nSPS) is 15.7. The molecule has 2 aromatic heterocycles. The summed E-state index contributed by atoms with van der Waals surface area (Å²) in [5.74, 6) is 0. The summed E-state index contributed by atoms with van der Waals surface area (Å²) in [4.78, 5) is 5.13. The lowest BCUT2D eigenvalue weighted by Gasteiger charge is -2.28. The lowest BCUT2D eigenvalue weighted by molar-refractivity contribution is 0.244. The van der Waals surface area contributed by atoms with E-state index in [1.165, 1.54) is 61.0 Å². The Kier molecular flexibility index (Phi) is 6.46. The van der Waals surface area contributed by atoms with Crippen molar-refractivity contribution in [2.75, 3.05) is 20.1 Å². The lowest BCUT2D eigenvalue weighted by Crippen LogP contribution is -2.30. The summed E-state index contributed by atoms with van der Waals surface area (Å²) in [5, 5.41) is 2.86.